The summed E-state index contributed by atoms with van der Waals surface area (Å²) in [4.78, 5) is 21.0. The number of hydrogen-bond donors (Lipinski definition) is 2. The smallest absolute Gasteiger partial charge is 0.327 e. The minimum absolute atomic E-state index is 0.104. The van der Waals surface area contributed by atoms with Crippen molar-refractivity contribution < 1.29 is 19.8 Å². The summed E-state index contributed by atoms with van der Waals surface area (Å²) in [5, 5.41) is 17.2. The summed E-state index contributed by atoms with van der Waals surface area (Å²) in [6, 6.07) is 0. The van der Waals surface area contributed by atoms with Crippen molar-refractivity contribution in [1.82, 2.24) is 0 Å². The van der Waals surface area contributed by atoms with E-state index in [1.165, 1.54) is 0 Å². The Morgan fingerprint density at radius 2 is 1.87 bits per heavy atom. The lowest BCUT2D eigenvalue weighted by Crippen LogP contribution is -2.21. The molecule has 0 aromatic heterocycles. The summed E-state index contributed by atoms with van der Waals surface area (Å²) in [6.45, 7) is 0. The molecule has 0 saturated heterocycles. The predicted molar refractivity (Wildman–Crippen MR) is 54.5 cm³/mol. The highest BCUT2D eigenvalue weighted by Gasteiger charge is 2.25. The maximum Gasteiger partial charge on any atom is 0.327 e. The molecule has 0 spiro atoms. The molecule has 4 nitrogen and oxygen atoms in total. The molecule has 15 heavy (non-hydrogen) atoms. The minimum atomic E-state index is -0.963. The fraction of sp³-hybridized carbons (Fsp3) is 0.636. The number of carboxylic acids is 2. The second kappa shape index (κ2) is 5.53. The van der Waals surface area contributed by atoms with Gasteiger partial charge in [-0.3, -0.25) is 4.79 Å². The second-order valence-electron chi connectivity index (χ2n) is 4.00. The summed E-state index contributed by atoms with van der Waals surface area (Å²) in [7, 11) is 0. The van der Waals surface area contributed by atoms with Crippen LogP contribution in [0.2, 0.25) is 0 Å². The molecule has 0 radical (unpaired) electrons. The van der Waals surface area contributed by atoms with Crippen LogP contribution in [0.15, 0.2) is 12.2 Å². The third-order valence-electron chi connectivity index (χ3n) is 2.89. The highest BCUT2D eigenvalue weighted by Crippen LogP contribution is 2.33. The van der Waals surface area contributed by atoms with Crippen LogP contribution in [-0.4, -0.2) is 22.2 Å². The average molecular weight is 212 g/mol. The van der Waals surface area contributed by atoms with Gasteiger partial charge in [0.2, 0.25) is 0 Å². The third kappa shape index (κ3) is 4.14. The SMILES string of the molecule is O=C(O)/C=C/C1CCCCC1CC(=O)O. The standard InChI is InChI=1S/C11H16O4/c12-10(13)6-5-8-3-1-2-4-9(8)7-11(14)15/h5-6,8-9H,1-4,7H2,(H,12,13)(H,14,15)/b6-5+. The Morgan fingerprint density at radius 3 is 2.47 bits per heavy atom. The summed E-state index contributed by atoms with van der Waals surface area (Å²) in [5.41, 5.74) is 0. The monoisotopic (exact) mass is 212 g/mol. The zero-order valence-corrected chi connectivity index (χ0v) is 8.56. The Labute approximate surface area is 88.6 Å². The Kier molecular flexibility index (Phi) is 4.34. The van der Waals surface area contributed by atoms with Crippen molar-refractivity contribution in [2.45, 2.75) is 32.1 Å². The first-order chi connectivity index (χ1) is 7.09. The van der Waals surface area contributed by atoms with Crippen LogP contribution in [-0.2, 0) is 9.59 Å². The molecule has 2 N–H and O–H groups in total. The minimum Gasteiger partial charge on any atom is -0.481 e. The molecule has 4 heteroatoms. The first-order valence-electron chi connectivity index (χ1n) is 5.22. The average Bonchev–Trinajstić information content (AvgIpc) is 2.15. The van der Waals surface area contributed by atoms with Crippen LogP contribution in [0.1, 0.15) is 32.1 Å². The summed E-state index contributed by atoms with van der Waals surface area (Å²) >= 11 is 0. The van der Waals surface area contributed by atoms with Gasteiger partial charge >= 0.3 is 11.9 Å². The van der Waals surface area contributed by atoms with Crippen LogP contribution in [0.25, 0.3) is 0 Å². The molecule has 1 rings (SSSR count). The van der Waals surface area contributed by atoms with E-state index < -0.39 is 11.9 Å². The van der Waals surface area contributed by atoms with Gasteiger partial charge in [0, 0.05) is 12.5 Å². The first kappa shape index (κ1) is 11.8. The summed E-state index contributed by atoms with van der Waals surface area (Å²) in [5.74, 6) is -1.54. The molecule has 0 aromatic rings. The molecule has 0 amide bonds. The van der Waals surface area contributed by atoms with E-state index in [0.29, 0.717) is 0 Å². The van der Waals surface area contributed by atoms with Crippen molar-refractivity contribution in [3.05, 3.63) is 12.2 Å². The molecule has 84 valence electrons. The zero-order valence-electron chi connectivity index (χ0n) is 8.56. The molecule has 0 heterocycles. The van der Waals surface area contributed by atoms with Crippen molar-refractivity contribution in [2.75, 3.05) is 0 Å². The predicted octanol–water partition coefficient (Wildman–Crippen LogP) is 1.91. The highest BCUT2D eigenvalue weighted by atomic mass is 16.4. The van der Waals surface area contributed by atoms with Gasteiger partial charge in [-0.15, -0.1) is 0 Å². The topological polar surface area (TPSA) is 74.6 Å². The van der Waals surface area contributed by atoms with Gasteiger partial charge in [0.25, 0.3) is 0 Å². The van der Waals surface area contributed by atoms with Crippen LogP contribution >= 0.6 is 0 Å². The number of carbonyl (C=O) groups is 2. The zero-order chi connectivity index (χ0) is 11.3. The number of rotatable bonds is 4. The molecule has 1 fully saturated rings. The summed E-state index contributed by atoms with van der Waals surface area (Å²) < 4.78 is 0. The lowest BCUT2D eigenvalue weighted by molar-refractivity contribution is -0.138. The molecule has 1 aliphatic rings. The Morgan fingerprint density at radius 1 is 1.20 bits per heavy atom. The van der Waals surface area contributed by atoms with E-state index in [1.807, 2.05) is 0 Å². The van der Waals surface area contributed by atoms with E-state index >= 15 is 0 Å². The maximum absolute atomic E-state index is 10.6. The number of carboxylic acid groups (broad SMARTS) is 2. The van der Waals surface area contributed by atoms with Crippen molar-refractivity contribution in [3.8, 4) is 0 Å². The Balaban J connectivity index is 2.57. The molecule has 0 bridgehead atoms. The molecule has 1 aliphatic carbocycles. The lowest BCUT2D eigenvalue weighted by Gasteiger charge is -2.27. The first-order valence-corrected chi connectivity index (χ1v) is 5.22. The maximum atomic E-state index is 10.6. The lowest BCUT2D eigenvalue weighted by atomic mass is 9.77. The molecular weight excluding hydrogens is 196 g/mol. The van der Waals surface area contributed by atoms with Gasteiger partial charge < -0.3 is 10.2 Å². The fourth-order valence-electron chi connectivity index (χ4n) is 2.17. The molecule has 2 unspecified atom stereocenters. The quantitative estimate of drug-likeness (QED) is 0.698. The molecule has 0 aliphatic heterocycles. The van der Waals surface area contributed by atoms with Gasteiger partial charge in [-0.05, 0) is 24.7 Å². The van der Waals surface area contributed by atoms with Crippen molar-refractivity contribution in [2.24, 2.45) is 11.8 Å². The van der Waals surface area contributed by atoms with Crippen LogP contribution < -0.4 is 0 Å². The number of hydrogen-bond acceptors (Lipinski definition) is 2. The Hall–Kier alpha value is -1.32. The largest absolute Gasteiger partial charge is 0.481 e. The van der Waals surface area contributed by atoms with E-state index in [0.717, 1.165) is 31.8 Å². The van der Waals surface area contributed by atoms with Gasteiger partial charge in [-0.1, -0.05) is 18.9 Å². The van der Waals surface area contributed by atoms with Gasteiger partial charge in [0.15, 0.2) is 0 Å². The van der Waals surface area contributed by atoms with Crippen LogP contribution in [0.3, 0.4) is 0 Å². The van der Waals surface area contributed by atoms with E-state index in [-0.39, 0.29) is 18.3 Å². The van der Waals surface area contributed by atoms with Crippen molar-refractivity contribution in [3.63, 3.8) is 0 Å². The van der Waals surface area contributed by atoms with Gasteiger partial charge in [0.1, 0.15) is 0 Å². The van der Waals surface area contributed by atoms with Crippen molar-refractivity contribution >= 4 is 11.9 Å². The van der Waals surface area contributed by atoms with Crippen molar-refractivity contribution in [1.29, 1.82) is 0 Å². The van der Waals surface area contributed by atoms with Gasteiger partial charge in [0.05, 0.1) is 0 Å². The number of allylic oxidation sites excluding steroid dienone is 1. The van der Waals surface area contributed by atoms with Gasteiger partial charge in [-0.2, -0.15) is 0 Å². The molecule has 0 aromatic carbocycles. The van der Waals surface area contributed by atoms with Gasteiger partial charge in [-0.25, -0.2) is 4.79 Å². The van der Waals surface area contributed by atoms with Crippen LogP contribution in [0.4, 0.5) is 0 Å². The van der Waals surface area contributed by atoms with E-state index in [9.17, 15) is 9.59 Å². The van der Waals surface area contributed by atoms with E-state index in [1.54, 1.807) is 6.08 Å². The molecule has 1 saturated carbocycles. The summed E-state index contributed by atoms with van der Waals surface area (Å²) in [6.07, 6.45) is 6.83. The molecular formula is C11H16O4. The Bertz CT molecular complexity index is 270. The highest BCUT2D eigenvalue weighted by molar-refractivity contribution is 5.79. The van der Waals surface area contributed by atoms with E-state index in [4.69, 9.17) is 10.2 Å². The normalized spacial score (nSPS) is 26.7. The second-order valence-corrected chi connectivity index (χ2v) is 4.00. The van der Waals surface area contributed by atoms with E-state index in [2.05, 4.69) is 0 Å². The molecule has 2 atom stereocenters. The fourth-order valence-corrected chi connectivity index (χ4v) is 2.17. The number of aliphatic carboxylic acids is 2. The third-order valence-corrected chi connectivity index (χ3v) is 2.89. The van der Waals surface area contributed by atoms with Crippen LogP contribution in [0.5, 0.6) is 0 Å². The van der Waals surface area contributed by atoms with Crippen LogP contribution in [0, 0.1) is 11.8 Å².